The third-order valence-corrected chi connectivity index (χ3v) is 4.27. The van der Waals surface area contributed by atoms with Gasteiger partial charge in [-0.2, -0.15) is 5.10 Å². The molecule has 0 aliphatic heterocycles. The highest BCUT2D eigenvalue weighted by Crippen LogP contribution is 2.24. The van der Waals surface area contributed by atoms with E-state index in [2.05, 4.69) is 39.5 Å². The van der Waals surface area contributed by atoms with E-state index in [-0.39, 0.29) is 12.1 Å². The van der Waals surface area contributed by atoms with Crippen molar-refractivity contribution in [1.29, 1.82) is 0 Å². The summed E-state index contributed by atoms with van der Waals surface area (Å²) in [6.07, 6.45) is 6.05. The smallest absolute Gasteiger partial charge is 0.321 e. The number of nitrogens with zero attached hydrogens (tertiary/aromatic N) is 4. The number of carbonyl (C=O) groups excluding carboxylic acids is 1. The van der Waals surface area contributed by atoms with Crippen LogP contribution >= 0.6 is 11.3 Å². The maximum Gasteiger partial charge on any atom is 0.321 e. The monoisotopic (exact) mass is 322 g/mol. The molecule has 0 spiro atoms. The van der Waals surface area contributed by atoms with Crippen molar-refractivity contribution >= 4 is 22.5 Å². The van der Waals surface area contributed by atoms with E-state index in [1.54, 1.807) is 22.3 Å². The molecule has 0 aliphatic rings. The maximum atomic E-state index is 12.0. The number of aryl methyl sites for hydroxylation is 2. The van der Waals surface area contributed by atoms with Crippen LogP contribution in [0.4, 0.5) is 9.93 Å². The third kappa shape index (κ3) is 4.52. The first kappa shape index (κ1) is 16.4. The molecule has 2 heterocycles. The first-order valence-electron chi connectivity index (χ1n) is 7.50. The van der Waals surface area contributed by atoms with Crippen molar-refractivity contribution in [3.05, 3.63) is 23.2 Å². The van der Waals surface area contributed by atoms with Crippen molar-refractivity contribution in [3.8, 4) is 0 Å². The Morgan fingerprint density at radius 2 is 2.27 bits per heavy atom. The van der Waals surface area contributed by atoms with Gasteiger partial charge in [0.25, 0.3) is 0 Å². The van der Waals surface area contributed by atoms with Gasteiger partial charge in [0, 0.05) is 10.9 Å². The maximum absolute atomic E-state index is 12.0. The van der Waals surface area contributed by atoms with Gasteiger partial charge in [0.2, 0.25) is 0 Å². The highest BCUT2D eigenvalue weighted by atomic mass is 32.1. The number of amides is 2. The average Bonchev–Trinajstić information content (AvgIpc) is 3.08. The lowest BCUT2D eigenvalue weighted by atomic mass is 10.2. The van der Waals surface area contributed by atoms with Crippen LogP contribution in [0.2, 0.25) is 0 Å². The Hall–Kier alpha value is -1.96. The highest BCUT2D eigenvalue weighted by Gasteiger charge is 2.13. The molecule has 0 unspecified atom stereocenters. The van der Waals surface area contributed by atoms with Crippen molar-refractivity contribution in [1.82, 2.24) is 25.1 Å². The summed E-state index contributed by atoms with van der Waals surface area (Å²) < 4.78 is 1.68. The van der Waals surface area contributed by atoms with Crippen LogP contribution in [-0.4, -0.2) is 31.8 Å². The summed E-state index contributed by atoms with van der Waals surface area (Å²) in [6, 6.07) is -0.297. The fourth-order valence-electron chi connectivity index (χ4n) is 2.16. The molecule has 0 bridgehead atoms. The summed E-state index contributed by atoms with van der Waals surface area (Å²) in [5.41, 5.74) is 1.10. The predicted octanol–water partition coefficient (Wildman–Crippen LogP) is 2.46. The minimum atomic E-state index is -0.243. The van der Waals surface area contributed by atoms with E-state index in [9.17, 15) is 4.79 Å². The summed E-state index contributed by atoms with van der Waals surface area (Å²) in [4.78, 5) is 21.7. The van der Waals surface area contributed by atoms with Gasteiger partial charge in [-0.1, -0.05) is 20.3 Å². The minimum absolute atomic E-state index is 0.0533. The number of rotatable bonds is 7. The first-order valence-corrected chi connectivity index (χ1v) is 8.32. The molecular formula is C14H22N6OS. The van der Waals surface area contributed by atoms with Crippen molar-refractivity contribution in [2.75, 3.05) is 5.32 Å². The van der Waals surface area contributed by atoms with Gasteiger partial charge < -0.3 is 5.32 Å². The molecule has 2 amide bonds. The van der Waals surface area contributed by atoms with E-state index in [1.165, 1.54) is 11.2 Å². The Labute approximate surface area is 134 Å². The van der Waals surface area contributed by atoms with Crippen LogP contribution in [0.15, 0.2) is 12.7 Å². The molecule has 0 saturated carbocycles. The van der Waals surface area contributed by atoms with E-state index >= 15 is 0 Å². The normalized spacial score (nSPS) is 12.1. The van der Waals surface area contributed by atoms with Gasteiger partial charge in [-0.25, -0.2) is 14.8 Å². The number of aromatic nitrogens is 4. The quantitative estimate of drug-likeness (QED) is 0.820. The van der Waals surface area contributed by atoms with Gasteiger partial charge in [0.05, 0.1) is 12.2 Å². The fraction of sp³-hybridized carbons (Fsp3) is 0.571. The van der Waals surface area contributed by atoms with Crippen LogP contribution in [0.1, 0.15) is 37.8 Å². The highest BCUT2D eigenvalue weighted by molar-refractivity contribution is 7.15. The summed E-state index contributed by atoms with van der Waals surface area (Å²) in [7, 11) is 0. The van der Waals surface area contributed by atoms with Crippen molar-refractivity contribution in [2.24, 2.45) is 0 Å². The molecule has 7 nitrogen and oxygen atoms in total. The summed E-state index contributed by atoms with van der Waals surface area (Å²) in [5, 5.41) is 10.4. The molecule has 2 aromatic heterocycles. The van der Waals surface area contributed by atoms with Gasteiger partial charge in [-0.3, -0.25) is 10.00 Å². The topological polar surface area (TPSA) is 84.7 Å². The standard InChI is InChI=1S/C14H22N6OS/c1-4-6-11-12(5-2)22-14(18-11)19-13(21)17-10(3)7-20-9-15-8-16-20/h8-10H,4-7H2,1-3H3,(H2,17,18,19,21)/t10-/m0/s1. The van der Waals surface area contributed by atoms with Crippen molar-refractivity contribution in [2.45, 2.75) is 52.6 Å². The predicted molar refractivity (Wildman–Crippen MR) is 87.1 cm³/mol. The summed E-state index contributed by atoms with van der Waals surface area (Å²) in [5.74, 6) is 0. The van der Waals surface area contributed by atoms with Crippen LogP contribution in [0, 0.1) is 0 Å². The van der Waals surface area contributed by atoms with E-state index in [1.807, 2.05) is 6.92 Å². The molecule has 0 radical (unpaired) electrons. The Morgan fingerprint density at radius 3 is 2.91 bits per heavy atom. The summed E-state index contributed by atoms with van der Waals surface area (Å²) >= 11 is 1.55. The van der Waals surface area contributed by atoms with Crippen LogP contribution in [0.5, 0.6) is 0 Å². The Bertz CT molecular complexity index is 595. The van der Waals surface area contributed by atoms with Gasteiger partial charge >= 0.3 is 6.03 Å². The molecule has 0 aromatic carbocycles. The van der Waals surface area contributed by atoms with Gasteiger partial charge in [-0.15, -0.1) is 11.3 Å². The number of hydrogen-bond acceptors (Lipinski definition) is 5. The molecule has 2 aromatic rings. The zero-order valence-corrected chi connectivity index (χ0v) is 14.0. The second-order valence-electron chi connectivity index (χ2n) is 5.11. The number of thiazole rings is 1. The second kappa shape index (κ2) is 7.88. The zero-order valence-electron chi connectivity index (χ0n) is 13.2. The molecule has 0 fully saturated rings. The number of nitrogens with one attached hydrogen (secondary N) is 2. The first-order chi connectivity index (χ1) is 10.6. The van der Waals surface area contributed by atoms with Crippen molar-refractivity contribution < 1.29 is 4.79 Å². The molecule has 22 heavy (non-hydrogen) atoms. The SMILES string of the molecule is CCCc1nc(NC(=O)N[C@@H](C)Cn2cncn2)sc1CC. The Balaban J connectivity index is 1.88. The molecule has 120 valence electrons. The van der Waals surface area contributed by atoms with Crippen molar-refractivity contribution in [3.63, 3.8) is 0 Å². The summed E-state index contributed by atoms with van der Waals surface area (Å²) in [6.45, 7) is 6.73. The number of hydrogen-bond donors (Lipinski definition) is 2. The molecule has 8 heteroatoms. The molecule has 0 aliphatic carbocycles. The van der Waals surface area contributed by atoms with Crippen LogP contribution < -0.4 is 10.6 Å². The Kier molecular flexibility index (Phi) is 5.88. The minimum Gasteiger partial charge on any atom is -0.333 e. The lowest BCUT2D eigenvalue weighted by Crippen LogP contribution is -2.38. The van der Waals surface area contributed by atoms with E-state index < -0.39 is 0 Å². The lowest BCUT2D eigenvalue weighted by molar-refractivity contribution is 0.247. The molecule has 0 saturated heterocycles. The van der Waals surface area contributed by atoms with Crippen LogP contribution in [-0.2, 0) is 19.4 Å². The largest absolute Gasteiger partial charge is 0.333 e. The number of anilines is 1. The Morgan fingerprint density at radius 1 is 1.45 bits per heavy atom. The fourth-order valence-corrected chi connectivity index (χ4v) is 3.10. The van der Waals surface area contributed by atoms with E-state index in [4.69, 9.17) is 0 Å². The molecular weight excluding hydrogens is 300 g/mol. The molecule has 2 rings (SSSR count). The van der Waals surface area contributed by atoms with Gasteiger partial charge in [-0.05, 0) is 19.8 Å². The van der Waals surface area contributed by atoms with E-state index in [0.29, 0.717) is 11.7 Å². The molecule has 1 atom stereocenters. The zero-order chi connectivity index (χ0) is 15.9. The lowest BCUT2D eigenvalue weighted by Gasteiger charge is -2.13. The third-order valence-electron chi connectivity index (χ3n) is 3.11. The van der Waals surface area contributed by atoms with Crippen LogP contribution in [0.25, 0.3) is 0 Å². The van der Waals surface area contributed by atoms with Gasteiger partial charge in [0.1, 0.15) is 12.7 Å². The molecule has 2 N–H and O–H groups in total. The van der Waals surface area contributed by atoms with Crippen LogP contribution in [0.3, 0.4) is 0 Å². The second-order valence-corrected chi connectivity index (χ2v) is 6.19. The van der Waals surface area contributed by atoms with Gasteiger partial charge in [0.15, 0.2) is 5.13 Å². The number of carbonyl (C=O) groups is 1. The average molecular weight is 322 g/mol. The number of urea groups is 1. The van der Waals surface area contributed by atoms with E-state index in [0.717, 1.165) is 25.0 Å².